The average Bonchev–Trinajstić information content (AvgIpc) is 2.59. The molecule has 3 rings (SSSR count). The van der Waals surface area contributed by atoms with Crippen LogP contribution < -0.4 is 4.90 Å². The van der Waals surface area contributed by atoms with E-state index in [0.717, 1.165) is 25.6 Å². The highest BCUT2D eigenvalue weighted by Crippen LogP contribution is 2.33. The first-order valence-corrected chi connectivity index (χ1v) is 8.03. The molecular weight excluding hydrogens is 321 g/mol. The van der Waals surface area contributed by atoms with Crippen LogP contribution in [-0.4, -0.2) is 54.8 Å². The molecule has 5 nitrogen and oxygen atoms in total. The maximum Gasteiger partial charge on any atom is 0.433 e. The van der Waals surface area contributed by atoms with Gasteiger partial charge in [-0.25, -0.2) is 4.98 Å². The van der Waals surface area contributed by atoms with Crippen molar-refractivity contribution in [2.24, 2.45) is 0 Å². The molecule has 0 amide bonds. The summed E-state index contributed by atoms with van der Waals surface area (Å²) in [5.74, 6) is 0.114. The molecule has 0 aliphatic carbocycles. The largest absolute Gasteiger partial charge is 0.433 e. The third-order valence-corrected chi connectivity index (χ3v) is 4.67. The number of piperidine rings is 1. The van der Waals surface area contributed by atoms with Crippen molar-refractivity contribution in [3.63, 3.8) is 0 Å². The number of anilines is 1. The van der Waals surface area contributed by atoms with Gasteiger partial charge in [0.1, 0.15) is 17.6 Å². The number of morpholine rings is 1. The molecule has 0 spiro atoms. The molecule has 0 aromatic carbocycles. The number of hydrogen-bond acceptors (Lipinski definition) is 5. The molecule has 0 radical (unpaired) electrons. The Morgan fingerprint density at radius 1 is 1.38 bits per heavy atom. The van der Waals surface area contributed by atoms with Crippen LogP contribution in [0.25, 0.3) is 0 Å². The minimum Gasteiger partial charge on any atom is -0.374 e. The van der Waals surface area contributed by atoms with Gasteiger partial charge in [-0.1, -0.05) is 6.92 Å². The fourth-order valence-electron chi connectivity index (χ4n) is 3.40. The van der Waals surface area contributed by atoms with Crippen LogP contribution in [0.1, 0.15) is 24.6 Å². The molecule has 0 bridgehead atoms. The van der Waals surface area contributed by atoms with Gasteiger partial charge in [-0.05, 0) is 25.1 Å². The number of nitrogens with zero attached hydrogens (tertiary/aromatic N) is 4. The van der Waals surface area contributed by atoms with Gasteiger partial charge in [-0.2, -0.15) is 18.4 Å². The molecule has 0 unspecified atom stereocenters. The number of ether oxygens (including phenoxy) is 1. The van der Waals surface area contributed by atoms with Gasteiger partial charge >= 0.3 is 6.18 Å². The minimum absolute atomic E-state index is 0.0376. The van der Waals surface area contributed by atoms with Crippen molar-refractivity contribution in [3.8, 4) is 6.07 Å². The molecule has 3 heterocycles. The van der Waals surface area contributed by atoms with Gasteiger partial charge in [-0.3, -0.25) is 0 Å². The van der Waals surface area contributed by atoms with Crippen molar-refractivity contribution in [1.82, 2.24) is 9.88 Å². The maximum absolute atomic E-state index is 13.0. The van der Waals surface area contributed by atoms with Gasteiger partial charge in [-0.15, -0.1) is 0 Å². The van der Waals surface area contributed by atoms with Gasteiger partial charge < -0.3 is 14.5 Å². The number of alkyl halides is 3. The standard InChI is InChI=1S/C16H19F3N4O/c1-2-22-6-5-13-12(10-22)23(7-8-24-13)15-11(9-20)3-4-14(21-15)16(17,18)19/h3-4,12-13H,2,5-8,10H2,1H3/t12-,13+/m0/s1. The molecule has 0 saturated carbocycles. The number of nitriles is 1. The van der Waals surface area contributed by atoms with E-state index in [0.29, 0.717) is 19.7 Å². The maximum atomic E-state index is 13.0. The number of aromatic nitrogens is 1. The van der Waals surface area contributed by atoms with Crippen molar-refractivity contribution in [2.75, 3.05) is 37.7 Å². The van der Waals surface area contributed by atoms with E-state index >= 15 is 0 Å². The number of rotatable bonds is 2. The van der Waals surface area contributed by atoms with Gasteiger partial charge in [0.15, 0.2) is 0 Å². The summed E-state index contributed by atoms with van der Waals surface area (Å²) >= 11 is 0. The van der Waals surface area contributed by atoms with Crippen molar-refractivity contribution in [1.29, 1.82) is 5.26 Å². The van der Waals surface area contributed by atoms with Crippen molar-refractivity contribution >= 4 is 5.82 Å². The Morgan fingerprint density at radius 2 is 2.17 bits per heavy atom. The van der Waals surface area contributed by atoms with E-state index in [4.69, 9.17) is 4.74 Å². The monoisotopic (exact) mass is 340 g/mol. The Bertz CT molecular complexity index is 643. The predicted octanol–water partition coefficient (Wildman–Crippen LogP) is 2.27. The number of halogens is 3. The summed E-state index contributed by atoms with van der Waals surface area (Å²) in [4.78, 5) is 7.85. The van der Waals surface area contributed by atoms with Crippen LogP contribution in [-0.2, 0) is 10.9 Å². The number of fused-ring (bicyclic) bond motifs is 1. The Kier molecular flexibility index (Phi) is 4.65. The van der Waals surface area contributed by atoms with E-state index in [2.05, 4.69) is 16.8 Å². The first-order chi connectivity index (χ1) is 11.4. The second kappa shape index (κ2) is 6.57. The smallest absolute Gasteiger partial charge is 0.374 e. The van der Waals surface area contributed by atoms with Crippen LogP contribution in [0.5, 0.6) is 0 Å². The van der Waals surface area contributed by atoms with E-state index in [1.807, 2.05) is 11.0 Å². The Hall–Kier alpha value is -1.85. The normalized spacial score (nSPS) is 25.2. The zero-order valence-electron chi connectivity index (χ0n) is 13.4. The first kappa shape index (κ1) is 17.0. The molecule has 1 aromatic rings. The molecule has 2 aliphatic rings. The lowest BCUT2D eigenvalue weighted by atomic mass is 9.98. The van der Waals surface area contributed by atoms with Gasteiger partial charge in [0.05, 0.1) is 24.3 Å². The fourth-order valence-corrected chi connectivity index (χ4v) is 3.40. The third-order valence-electron chi connectivity index (χ3n) is 4.67. The van der Waals surface area contributed by atoms with Crippen molar-refractivity contribution in [2.45, 2.75) is 31.7 Å². The second-order valence-corrected chi connectivity index (χ2v) is 6.03. The summed E-state index contributed by atoms with van der Waals surface area (Å²) in [6, 6.07) is 3.94. The Labute approximate surface area is 138 Å². The molecule has 2 atom stereocenters. The van der Waals surface area contributed by atoms with Gasteiger partial charge in [0.25, 0.3) is 0 Å². The van der Waals surface area contributed by atoms with Crippen LogP contribution in [0.2, 0.25) is 0 Å². The number of likely N-dealkylation sites (N-methyl/N-ethyl adjacent to an activating group) is 1. The van der Waals surface area contributed by atoms with Crippen LogP contribution >= 0.6 is 0 Å². The fraction of sp³-hybridized carbons (Fsp3) is 0.625. The molecule has 8 heteroatoms. The lowest BCUT2D eigenvalue weighted by Gasteiger charge is -2.47. The van der Waals surface area contributed by atoms with Crippen LogP contribution in [0, 0.1) is 11.3 Å². The van der Waals surface area contributed by atoms with Crippen LogP contribution in [0.3, 0.4) is 0 Å². The van der Waals surface area contributed by atoms with E-state index in [9.17, 15) is 18.4 Å². The molecule has 2 fully saturated rings. The summed E-state index contributed by atoms with van der Waals surface area (Å²) < 4.78 is 44.9. The Balaban J connectivity index is 1.98. The second-order valence-electron chi connectivity index (χ2n) is 6.03. The highest BCUT2D eigenvalue weighted by atomic mass is 19.4. The average molecular weight is 340 g/mol. The van der Waals surface area contributed by atoms with Gasteiger partial charge in [0.2, 0.25) is 0 Å². The van der Waals surface area contributed by atoms with Crippen LogP contribution in [0.4, 0.5) is 19.0 Å². The minimum atomic E-state index is -4.53. The highest BCUT2D eigenvalue weighted by Gasteiger charge is 2.39. The zero-order chi connectivity index (χ0) is 17.3. The number of pyridine rings is 1. The number of likely N-dealkylation sites (tertiary alicyclic amines) is 1. The summed E-state index contributed by atoms with van der Waals surface area (Å²) in [7, 11) is 0. The topological polar surface area (TPSA) is 52.4 Å². The molecule has 2 aliphatic heterocycles. The zero-order valence-corrected chi connectivity index (χ0v) is 13.4. The first-order valence-electron chi connectivity index (χ1n) is 8.03. The highest BCUT2D eigenvalue weighted by molar-refractivity contribution is 5.56. The number of hydrogen-bond donors (Lipinski definition) is 0. The van der Waals surface area contributed by atoms with E-state index in [1.54, 1.807) is 0 Å². The Morgan fingerprint density at radius 3 is 2.83 bits per heavy atom. The van der Waals surface area contributed by atoms with Crippen LogP contribution in [0.15, 0.2) is 12.1 Å². The molecule has 2 saturated heterocycles. The predicted molar refractivity (Wildman–Crippen MR) is 81.6 cm³/mol. The van der Waals surface area contributed by atoms with E-state index < -0.39 is 11.9 Å². The molecule has 24 heavy (non-hydrogen) atoms. The van der Waals surface area contributed by atoms with Crippen molar-refractivity contribution in [3.05, 3.63) is 23.4 Å². The molecule has 0 N–H and O–H groups in total. The summed E-state index contributed by atoms with van der Waals surface area (Å²) in [5.41, 5.74) is -0.806. The molecular formula is C16H19F3N4O. The molecule has 1 aromatic heterocycles. The lowest BCUT2D eigenvalue weighted by molar-refractivity contribution is -0.141. The summed E-state index contributed by atoms with van der Waals surface area (Å²) in [6.07, 6.45) is -3.74. The summed E-state index contributed by atoms with van der Waals surface area (Å²) in [6.45, 7) is 5.39. The van der Waals surface area contributed by atoms with E-state index in [1.165, 1.54) is 6.07 Å². The third kappa shape index (κ3) is 3.19. The SMILES string of the molecule is CCN1CC[C@H]2OCCN(c3nc(C(F)(F)F)ccc3C#N)[C@H]2C1. The molecule has 130 valence electrons. The van der Waals surface area contributed by atoms with E-state index in [-0.39, 0.29) is 23.5 Å². The van der Waals surface area contributed by atoms with Crippen molar-refractivity contribution < 1.29 is 17.9 Å². The quantitative estimate of drug-likeness (QED) is 0.827. The summed E-state index contributed by atoms with van der Waals surface area (Å²) in [5, 5.41) is 9.30. The lowest BCUT2D eigenvalue weighted by Crippen LogP contribution is -2.60. The van der Waals surface area contributed by atoms with Gasteiger partial charge in [0, 0.05) is 19.6 Å².